The van der Waals surface area contributed by atoms with E-state index in [4.69, 9.17) is 9.47 Å². The van der Waals surface area contributed by atoms with Gasteiger partial charge in [0.15, 0.2) is 6.17 Å². The number of halogens is 2. The molecule has 0 N–H and O–H groups in total. The van der Waals surface area contributed by atoms with Crippen LogP contribution in [-0.2, 0) is 9.53 Å². The van der Waals surface area contributed by atoms with Crippen molar-refractivity contribution in [2.75, 3.05) is 7.11 Å². The largest absolute Gasteiger partial charge is 0.496 e. The predicted molar refractivity (Wildman–Crippen MR) is 122 cm³/mol. The Morgan fingerprint density at radius 2 is 1.77 bits per heavy atom. The lowest BCUT2D eigenvalue weighted by atomic mass is 9.82. The maximum atomic E-state index is 13.8. The molecule has 0 heterocycles. The van der Waals surface area contributed by atoms with Gasteiger partial charge in [-0.3, -0.25) is 0 Å². The van der Waals surface area contributed by atoms with Gasteiger partial charge in [0, 0.05) is 0 Å². The number of hydrogen-bond donors (Lipinski definition) is 0. The fraction of sp³-hybridized carbons (Fsp3) is 0.480. The van der Waals surface area contributed by atoms with Gasteiger partial charge in [-0.25, -0.2) is 9.18 Å². The van der Waals surface area contributed by atoms with Crippen LogP contribution in [0.15, 0.2) is 46.9 Å². The van der Waals surface area contributed by atoms with E-state index in [1.807, 2.05) is 13.0 Å². The van der Waals surface area contributed by atoms with Crippen LogP contribution in [0, 0.1) is 0 Å². The van der Waals surface area contributed by atoms with Crippen molar-refractivity contribution in [2.45, 2.75) is 70.1 Å². The highest BCUT2D eigenvalue weighted by molar-refractivity contribution is 9.10. The molecule has 0 aliphatic heterocycles. The van der Waals surface area contributed by atoms with Crippen molar-refractivity contribution in [1.82, 2.24) is 0 Å². The molecule has 3 nitrogen and oxygen atoms in total. The van der Waals surface area contributed by atoms with Crippen LogP contribution >= 0.6 is 15.9 Å². The van der Waals surface area contributed by atoms with E-state index in [1.165, 1.54) is 5.56 Å². The summed E-state index contributed by atoms with van der Waals surface area (Å²) in [4.78, 5) is 11.9. The number of carbonyl (C=O) groups is 1. The third kappa shape index (κ3) is 5.84. The zero-order chi connectivity index (χ0) is 21.5. The molecule has 30 heavy (non-hydrogen) atoms. The standard InChI is InChI=1S/C25H30BrFO3/c1-3-4-5-23(27)25(28)30-21-13-10-18(11-14-21)17-6-8-19(9-7-17)20-12-15-24(29-2)22(26)16-20/h6-9,12,15-16,18,21,23H,3-5,10-11,13-14H2,1-2H3/t18?,21?,23-/m0/s1. The summed E-state index contributed by atoms with van der Waals surface area (Å²) in [6.45, 7) is 1.99. The normalized spacial score (nSPS) is 19.9. The van der Waals surface area contributed by atoms with Crippen molar-refractivity contribution >= 4 is 21.9 Å². The Bertz CT molecular complexity index is 829. The molecule has 1 aliphatic carbocycles. The third-order valence-corrected chi connectivity index (χ3v) is 6.51. The molecule has 2 aromatic carbocycles. The second-order valence-electron chi connectivity index (χ2n) is 7.99. The van der Waals surface area contributed by atoms with Crippen molar-refractivity contribution < 1.29 is 18.7 Å². The van der Waals surface area contributed by atoms with E-state index in [1.54, 1.807) is 7.11 Å². The van der Waals surface area contributed by atoms with E-state index in [0.717, 1.165) is 53.5 Å². The minimum atomic E-state index is -1.48. The van der Waals surface area contributed by atoms with Crippen molar-refractivity contribution in [2.24, 2.45) is 0 Å². The fourth-order valence-corrected chi connectivity index (χ4v) is 4.59. The van der Waals surface area contributed by atoms with Crippen LogP contribution in [0.25, 0.3) is 11.1 Å². The van der Waals surface area contributed by atoms with Gasteiger partial charge in [-0.05, 0) is 82.8 Å². The number of rotatable bonds is 8. The first-order chi connectivity index (χ1) is 14.5. The van der Waals surface area contributed by atoms with Gasteiger partial charge in [-0.15, -0.1) is 0 Å². The van der Waals surface area contributed by atoms with Gasteiger partial charge in [0.2, 0.25) is 0 Å². The Labute approximate surface area is 187 Å². The molecule has 0 spiro atoms. The topological polar surface area (TPSA) is 35.5 Å². The molecule has 0 unspecified atom stereocenters. The van der Waals surface area contributed by atoms with Gasteiger partial charge in [0.1, 0.15) is 11.9 Å². The monoisotopic (exact) mass is 476 g/mol. The van der Waals surface area contributed by atoms with Crippen LogP contribution in [0.2, 0.25) is 0 Å². The average molecular weight is 477 g/mol. The highest BCUT2D eigenvalue weighted by Crippen LogP contribution is 2.36. The van der Waals surface area contributed by atoms with E-state index < -0.39 is 12.1 Å². The Morgan fingerprint density at radius 3 is 2.37 bits per heavy atom. The molecule has 0 aromatic heterocycles. The fourth-order valence-electron chi connectivity index (χ4n) is 4.05. The summed E-state index contributed by atoms with van der Waals surface area (Å²) in [5, 5.41) is 0. The van der Waals surface area contributed by atoms with Crippen LogP contribution in [0.1, 0.15) is 63.4 Å². The van der Waals surface area contributed by atoms with Crippen molar-refractivity contribution in [3.05, 3.63) is 52.5 Å². The highest BCUT2D eigenvalue weighted by atomic mass is 79.9. The van der Waals surface area contributed by atoms with E-state index in [2.05, 4.69) is 52.3 Å². The second-order valence-corrected chi connectivity index (χ2v) is 8.85. The molecule has 0 radical (unpaired) electrons. The molecule has 0 amide bonds. The van der Waals surface area contributed by atoms with Gasteiger partial charge in [-0.1, -0.05) is 50.1 Å². The van der Waals surface area contributed by atoms with E-state index >= 15 is 0 Å². The summed E-state index contributed by atoms with van der Waals surface area (Å²) in [5.41, 5.74) is 3.60. The molecule has 1 fully saturated rings. The molecule has 5 heteroatoms. The predicted octanol–water partition coefficient (Wildman–Crippen LogP) is 7.22. The molecular formula is C25H30BrFO3. The number of esters is 1. The zero-order valence-electron chi connectivity index (χ0n) is 17.7. The van der Waals surface area contributed by atoms with E-state index in [-0.39, 0.29) is 12.5 Å². The average Bonchev–Trinajstić information content (AvgIpc) is 2.78. The van der Waals surface area contributed by atoms with Crippen LogP contribution in [0.5, 0.6) is 5.75 Å². The van der Waals surface area contributed by atoms with Gasteiger partial charge in [0.25, 0.3) is 0 Å². The van der Waals surface area contributed by atoms with Gasteiger partial charge in [0.05, 0.1) is 11.6 Å². The Hall–Kier alpha value is -1.88. The second kappa shape index (κ2) is 10.9. The van der Waals surface area contributed by atoms with Gasteiger partial charge >= 0.3 is 5.97 Å². The minimum absolute atomic E-state index is 0.149. The first kappa shape index (κ1) is 22.8. The summed E-state index contributed by atoms with van der Waals surface area (Å²) in [7, 11) is 1.66. The molecule has 162 valence electrons. The summed E-state index contributed by atoms with van der Waals surface area (Å²) >= 11 is 3.54. The van der Waals surface area contributed by atoms with Crippen LogP contribution < -0.4 is 4.74 Å². The number of hydrogen-bond acceptors (Lipinski definition) is 3. The number of carbonyl (C=O) groups excluding carboxylic acids is 1. The maximum absolute atomic E-state index is 13.8. The summed E-state index contributed by atoms with van der Waals surface area (Å²) in [6, 6.07) is 14.7. The maximum Gasteiger partial charge on any atom is 0.340 e. The zero-order valence-corrected chi connectivity index (χ0v) is 19.3. The lowest BCUT2D eigenvalue weighted by molar-refractivity contribution is -0.157. The smallest absolute Gasteiger partial charge is 0.340 e. The van der Waals surface area contributed by atoms with Crippen molar-refractivity contribution in [1.29, 1.82) is 0 Å². The molecule has 1 aliphatic rings. The van der Waals surface area contributed by atoms with E-state index in [0.29, 0.717) is 12.3 Å². The van der Waals surface area contributed by atoms with E-state index in [9.17, 15) is 9.18 Å². The lowest BCUT2D eigenvalue weighted by Gasteiger charge is -2.29. The molecule has 1 atom stereocenters. The Balaban J connectivity index is 1.53. The molecule has 3 rings (SSSR count). The Morgan fingerprint density at radius 1 is 1.10 bits per heavy atom. The number of unbranched alkanes of at least 4 members (excludes halogenated alkanes) is 1. The summed E-state index contributed by atoms with van der Waals surface area (Å²) < 4.78 is 25.5. The van der Waals surface area contributed by atoms with Crippen LogP contribution in [-0.4, -0.2) is 25.4 Å². The number of benzene rings is 2. The minimum Gasteiger partial charge on any atom is -0.496 e. The first-order valence-electron chi connectivity index (χ1n) is 10.8. The molecule has 0 bridgehead atoms. The van der Waals surface area contributed by atoms with Crippen LogP contribution in [0.3, 0.4) is 0 Å². The number of ether oxygens (including phenoxy) is 2. The molecule has 0 saturated heterocycles. The number of alkyl halides is 1. The summed E-state index contributed by atoms with van der Waals surface area (Å²) in [6.07, 6.45) is 3.74. The first-order valence-corrected chi connectivity index (χ1v) is 11.6. The highest BCUT2D eigenvalue weighted by Gasteiger charge is 2.27. The quantitative estimate of drug-likeness (QED) is 0.377. The third-order valence-electron chi connectivity index (χ3n) is 5.89. The molecule has 1 saturated carbocycles. The van der Waals surface area contributed by atoms with Gasteiger partial charge in [-0.2, -0.15) is 0 Å². The lowest BCUT2D eigenvalue weighted by Crippen LogP contribution is -2.28. The van der Waals surface area contributed by atoms with Crippen molar-refractivity contribution in [3.63, 3.8) is 0 Å². The SMILES string of the molecule is CCCC[C@H](F)C(=O)OC1CCC(c2ccc(-c3ccc(OC)c(Br)c3)cc2)CC1. The molecular weight excluding hydrogens is 447 g/mol. The van der Waals surface area contributed by atoms with Crippen molar-refractivity contribution in [3.8, 4) is 16.9 Å². The Kier molecular flexibility index (Phi) is 8.32. The molecule has 2 aromatic rings. The van der Waals surface area contributed by atoms with Gasteiger partial charge < -0.3 is 9.47 Å². The number of methoxy groups -OCH3 is 1. The van der Waals surface area contributed by atoms with Crippen LogP contribution in [0.4, 0.5) is 4.39 Å². The summed E-state index contributed by atoms with van der Waals surface area (Å²) in [5.74, 6) is 0.594.